The van der Waals surface area contributed by atoms with Gasteiger partial charge in [0.25, 0.3) is 5.91 Å². The first-order valence-corrected chi connectivity index (χ1v) is 7.49. The number of amides is 1. The van der Waals surface area contributed by atoms with Crippen LogP contribution in [0.2, 0.25) is 0 Å². The van der Waals surface area contributed by atoms with Gasteiger partial charge in [0.05, 0.1) is 6.61 Å². The van der Waals surface area contributed by atoms with E-state index in [1.54, 1.807) is 13.0 Å². The number of carbonyl (C=O) groups is 2. The Hall–Kier alpha value is -3.16. The Morgan fingerprint density at radius 1 is 1.29 bits per heavy atom. The van der Waals surface area contributed by atoms with E-state index in [0.717, 1.165) is 10.9 Å². The van der Waals surface area contributed by atoms with Gasteiger partial charge in [0.2, 0.25) is 5.95 Å². The van der Waals surface area contributed by atoms with Gasteiger partial charge in [-0.15, -0.1) is 5.10 Å². The summed E-state index contributed by atoms with van der Waals surface area (Å²) in [5.41, 5.74) is 1.50. The molecular weight excluding hydrogens is 310 g/mol. The molecule has 1 aromatic carbocycles. The van der Waals surface area contributed by atoms with Crippen molar-refractivity contribution in [2.24, 2.45) is 7.05 Å². The van der Waals surface area contributed by atoms with E-state index >= 15 is 0 Å². The molecule has 8 heteroatoms. The molecule has 3 aromatic rings. The predicted octanol–water partition coefficient (Wildman–Crippen LogP) is 1.59. The summed E-state index contributed by atoms with van der Waals surface area (Å²) >= 11 is 0. The van der Waals surface area contributed by atoms with E-state index in [1.165, 1.54) is 11.0 Å². The number of hydrogen-bond donors (Lipinski definition) is 1. The van der Waals surface area contributed by atoms with Gasteiger partial charge in [-0.1, -0.05) is 6.07 Å². The van der Waals surface area contributed by atoms with Gasteiger partial charge in [-0.2, -0.15) is 0 Å². The molecular formula is C16H17N5O3. The maximum absolute atomic E-state index is 12.5. The van der Waals surface area contributed by atoms with Gasteiger partial charge >= 0.3 is 5.97 Å². The Balaban J connectivity index is 1.75. The van der Waals surface area contributed by atoms with Crippen molar-refractivity contribution in [2.45, 2.75) is 13.5 Å². The zero-order valence-electron chi connectivity index (χ0n) is 13.4. The van der Waals surface area contributed by atoms with Crippen molar-refractivity contribution in [3.8, 4) is 0 Å². The smallest absolute Gasteiger partial charge is 0.327 e. The predicted molar refractivity (Wildman–Crippen MR) is 87.5 cm³/mol. The topological polar surface area (TPSA) is 91.0 Å². The molecule has 1 N–H and O–H groups in total. The molecule has 0 unspecified atom stereocenters. The number of rotatable bonds is 5. The van der Waals surface area contributed by atoms with Crippen molar-refractivity contribution >= 4 is 28.7 Å². The molecule has 2 heterocycles. The van der Waals surface area contributed by atoms with Gasteiger partial charge in [-0.3, -0.25) is 14.9 Å². The third kappa shape index (κ3) is 3.12. The summed E-state index contributed by atoms with van der Waals surface area (Å²) in [6.07, 6.45) is 3.27. The fraction of sp³-hybridized carbons (Fsp3) is 0.250. The molecule has 0 aliphatic carbocycles. The lowest BCUT2D eigenvalue weighted by molar-refractivity contribution is -0.144. The van der Waals surface area contributed by atoms with E-state index in [-0.39, 0.29) is 18.4 Å². The zero-order valence-corrected chi connectivity index (χ0v) is 13.4. The van der Waals surface area contributed by atoms with Crippen LogP contribution < -0.4 is 5.32 Å². The minimum absolute atomic E-state index is 0.0506. The first-order chi connectivity index (χ1) is 11.6. The molecule has 0 aliphatic heterocycles. The lowest BCUT2D eigenvalue weighted by atomic mass is 10.1. The number of benzene rings is 1. The van der Waals surface area contributed by atoms with Crippen LogP contribution in [0.5, 0.6) is 0 Å². The molecule has 0 fully saturated rings. The van der Waals surface area contributed by atoms with E-state index in [1.807, 2.05) is 36.0 Å². The van der Waals surface area contributed by atoms with Gasteiger partial charge in [0.15, 0.2) is 0 Å². The molecule has 3 rings (SSSR count). The number of hydrogen-bond acceptors (Lipinski definition) is 5. The van der Waals surface area contributed by atoms with Crippen LogP contribution in [-0.4, -0.2) is 37.8 Å². The van der Waals surface area contributed by atoms with Gasteiger partial charge in [0.1, 0.15) is 12.9 Å². The van der Waals surface area contributed by atoms with E-state index in [4.69, 9.17) is 4.74 Å². The lowest BCUT2D eigenvalue weighted by Crippen LogP contribution is -2.16. The highest BCUT2D eigenvalue weighted by Crippen LogP contribution is 2.20. The van der Waals surface area contributed by atoms with Crippen molar-refractivity contribution in [3.63, 3.8) is 0 Å². The fourth-order valence-electron chi connectivity index (χ4n) is 2.44. The van der Waals surface area contributed by atoms with Gasteiger partial charge in [0, 0.05) is 29.7 Å². The third-order valence-corrected chi connectivity index (χ3v) is 3.53. The lowest BCUT2D eigenvalue weighted by Gasteiger charge is -2.04. The van der Waals surface area contributed by atoms with E-state index in [2.05, 4.69) is 15.4 Å². The summed E-state index contributed by atoms with van der Waals surface area (Å²) in [4.78, 5) is 27.9. The van der Waals surface area contributed by atoms with Gasteiger partial charge in [-0.25, -0.2) is 9.67 Å². The molecule has 0 bridgehead atoms. The number of nitrogens with zero attached hydrogens (tertiary/aromatic N) is 4. The molecule has 24 heavy (non-hydrogen) atoms. The Bertz CT molecular complexity index is 896. The summed E-state index contributed by atoms with van der Waals surface area (Å²) in [6.45, 7) is 1.98. The summed E-state index contributed by atoms with van der Waals surface area (Å²) < 4.78 is 8.10. The molecule has 124 valence electrons. The normalized spacial score (nSPS) is 10.8. The fourth-order valence-corrected chi connectivity index (χ4v) is 2.44. The number of ether oxygens (including phenoxy) is 1. The Morgan fingerprint density at radius 3 is 2.92 bits per heavy atom. The van der Waals surface area contributed by atoms with Crippen LogP contribution in [-0.2, 0) is 23.1 Å². The Labute approximate surface area is 138 Å². The zero-order chi connectivity index (χ0) is 17.1. The van der Waals surface area contributed by atoms with Gasteiger partial charge in [-0.05, 0) is 25.1 Å². The van der Waals surface area contributed by atoms with Crippen LogP contribution in [0.25, 0.3) is 10.9 Å². The van der Waals surface area contributed by atoms with Crippen LogP contribution in [0, 0.1) is 0 Å². The molecule has 0 spiro atoms. The van der Waals surface area contributed by atoms with Crippen LogP contribution in [0.1, 0.15) is 17.3 Å². The number of aromatic nitrogens is 4. The monoisotopic (exact) mass is 327 g/mol. The molecule has 0 radical (unpaired) electrons. The molecule has 0 aliphatic rings. The number of carbonyl (C=O) groups excluding carboxylic acids is 2. The summed E-state index contributed by atoms with van der Waals surface area (Å²) in [6, 6.07) is 7.40. The summed E-state index contributed by atoms with van der Waals surface area (Å²) in [5, 5.41) is 7.54. The maximum Gasteiger partial charge on any atom is 0.327 e. The van der Waals surface area contributed by atoms with Crippen LogP contribution >= 0.6 is 0 Å². The highest BCUT2D eigenvalue weighted by molar-refractivity contribution is 6.12. The Morgan fingerprint density at radius 2 is 2.12 bits per heavy atom. The standard InChI is InChI=1S/C16H17N5O3/c1-3-24-14(22)9-21-10-17-16(19-21)18-15(23)12-5-4-6-13-11(12)7-8-20(13)2/h4-8,10H,3,9H2,1-2H3,(H,18,19,23). The largest absolute Gasteiger partial charge is 0.465 e. The van der Waals surface area contributed by atoms with Crippen LogP contribution in [0.3, 0.4) is 0 Å². The van der Waals surface area contributed by atoms with Crippen molar-refractivity contribution in [3.05, 3.63) is 42.4 Å². The van der Waals surface area contributed by atoms with E-state index in [9.17, 15) is 9.59 Å². The van der Waals surface area contributed by atoms with Crippen molar-refractivity contribution < 1.29 is 14.3 Å². The third-order valence-electron chi connectivity index (χ3n) is 3.53. The second-order valence-electron chi connectivity index (χ2n) is 5.19. The Kier molecular flexibility index (Phi) is 4.28. The SMILES string of the molecule is CCOC(=O)Cn1cnc(NC(=O)c2cccc3c2ccn3C)n1. The molecule has 2 aromatic heterocycles. The first-order valence-electron chi connectivity index (χ1n) is 7.49. The minimum atomic E-state index is -0.408. The highest BCUT2D eigenvalue weighted by Gasteiger charge is 2.14. The average Bonchev–Trinajstić information content (AvgIpc) is 3.14. The first kappa shape index (κ1) is 15.7. The molecule has 8 nitrogen and oxygen atoms in total. The van der Waals surface area contributed by atoms with Crippen molar-refractivity contribution in [1.29, 1.82) is 0 Å². The number of fused-ring (bicyclic) bond motifs is 1. The molecule has 1 amide bonds. The summed E-state index contributed by atoms with van der Waals surface area (Å²) in [5.74, 6) is -0.577. The van der Waals surface area contributed by atoms with Crippen LogP contribution in [0.15, 0.2) is 36.8 Å². The van der Waals surface area contributed by atoms with Crippen molar-refractivity contribution in [2.75, 3.05) is 11.9 Å². The van der Waals surface area contributed by atoms with Crippen molar-refractivity contribution in [1.82, 2.24) is 19.3 Å². The molecule has 0 saturated heterocycles. The maximum atomic E-state index is 12.5. The molecule has 0 saturated carbocycles. The number of esters is 1. The van der Waals surface area contributed by atoms with Gasteiger partial charge < -0.3 is 9.30 Å². The summed E-state index contributed by atoms with van der Waals surface area (Å²) in [7, 11) is 1.92. The minimum Gasteiger partial charge on any atom is -0.465 e. The highest BCUT2D eigenvalue weighted by atomic mass is 16.5. The van der Waals surface area contributed by atoms with E-state index < -0.39 is 5.97 Å². The number of anilines is 1. The second kappa shape index (κ2) is 6.53. The number of nitrogens with one attached hydrogen (secondary N) is 1. The quantitative estimate of drug-likeness (QED) is 0.719. The van der Waals surface area contributed by atoms with E-state index in [0.29, 0.717) is 12.2 Å². The second-order valence-corrected chi connectivity index (χ2v) is 5.19. The van der Waals surface area contributed by atoms with Crippen LogP contribution in [0.4, 0.5) is 5.95 Å². The number of aryl methyl sites for hydroxylation is 1. The molecule has 0 atom stereocenters. The average molecular weight is 327 g/mol.